The van der Waals surface area contributed by atoms with E-state index < -0.39 is 11.7 Å². The van der Waals surface area contributed by atoms with Crippen LogP contribution in [-0.2, 0) is 6.18 Å². The van der Waals surface area contributed by atoms with Gasteiger partial charge in [-0.15, -0.1) is 0 Å². The summed E-state index contributed by atoms with van der Waals surface area (Å²) < 4.78 is 43.9. The van der Waals surface area contributed by atoms with Crippen LogP contribution in [0.25, 0.3) is 33.3 Å². The van der Waals surface area contributed by atoms with Crippen LogP contribution in [-0.4, -0.2) is 35.0 Å². The molecule has 3 aromatic carbocycles. The van der Waals surface area contributed by atoms with Crippen LogP contribution in [0.4, 0.5) is 13.2 Å². The fraction of sp³-hybridized carbons (Fsp3) is 0.0370. The lowest BCUT2D eigenvalue weighted by Gasteiger charge is -2.09. The van der Waals surface area contributed by atoms with E-state index in [9.17, 15) is 27.9 Å². The molecular weight excluding hydrogens is 529 g/mol. The molecule has 0 unspecified atom stereocenters. The molecule has 6 rings (SSSR count). The van der Waals surface area contributed by atoms with Gasteiger partial charge in [0.1, 0.15) is 23.1 Å². The maximum atomic E-state index is 12.7. The molecule has 0 radical (unpaired) electrons. The van der Waals surface area contributed by atoms with Crippen LogP contribution in [0.2, 0.25) is 0 Å². The number of benzene rings is 3. The Hall–Kier alpha value is -5.59. The van der Waals surface area contributed by atoms with Crippen molar-refractivity contribution in [1.29, 1.82) is 0 Å². The van der Waals surface area contributed by atoms with Gasteiger partial charge >= 0.3 is 6.18 Å². The van der Waals surface area contributed by atoms with Crippen molar-refractivity contribution in [3.8, 4) is 28.6 Å². The van der Waals surface area contributed by atoms with Crippen molar-refractivity contribution in [1.82, 2.24) is 29.9 Å². The minimum atomic E-state index is -4.40. The molecule has 0 aliphatic rings. The highest BCUT2D eigenvalue weighted by atomic mass is 19.4. The molecule has 6 aromatic rings. The van der Waals surface area contributed by atoms with Crippen LogP contribution < -0.4 is 15.9 Å². The molecule has 3 aromatic heterocycles. The van der Waals surface area contributed by atoms with E-state index in [0.29, 0.717) is 39.1 Å². The van der Waals surface area contributed by atoms with Crippen LogP contribution in [0.15, 0.2) is 95.0 Å². The predicted molar refractivity (Wildman–Crippen MR) is 139 cm³/mol. The zero-order valence-electron chi connectivity index (χ0n) is 20.2. The minimum absolute atomic E-state index is 0.0395. The predicted octanol–water partition coefficient (Wildman–Crippen LogP) is 4.82. The lowest BCUT2D eigenvalue weighted by atomic mass is 10.1. The van der Waals surface area contributed by atoms with E-state index in [0.717, 1.165) is 12.1 Å². The monoisotopic (exact) mass is 546 g/mol. The summed E-state index contributed by atoms with van der Waals surface area (Å²) in [5.74, 6) is 0.541. The number of aromatic hydroxyl groups is 1. The molecule has 200 valence electrons. The largest absolute Gasteiger partial charge is 0.506 e. The number of halogens is 3. The minimum Gasteiger partial charge on any atom is -0.506 e. The Morgan fingerprint density at radius 3 is 2.05 bits per heavy atom. The zero-order valence-corrected chi connectivity index (χ0v) is 20.2. The van der Waals surface area contributed by atoms with E-state index in [1.165, 1.54) is 43.0 Å². The van der Waals surface area contributed by atoms with Crippen molar-refractivity contribution >= 4 is 22.1 Å². The summed E-state index contributed by atoms with van der Waals surface area (Å²) in [5, 5.41) is 9.29. The van der Waals surface area contributed by atoms with Gasteiger partial charge in [0.2, 0.25) is 5.88 Å². The van der Waals surface area contributed by atoms with Gasteiger partial charge in [0.15, 0.2) is 5.75 Å². The number of phenolic OH excluding ortho intramolecular Hbond substituents is 1. The third kappa shape index (κ3) is 5.78. The highest BCUT2D eigenvalue weighted by Crippen LogP contribution is 2.32. The summed E-state index contributed by atoms with van der Waals surface area (Å²) in [6.45, 7) is 0. The van der Waals surface area contributed by atoms with Crippen molar-refractivity contribution in [2.75, 3.05) is 0 Å². The van der Waals surface area contributed by atoms with E-state index in [1.54, 1.807) is 30.3 Å². The molecule has 13 heteroatoms. The number of hydrogen-bond acceptors (Lipinski definition) is 8. The summed E-state index contributed by atoms with van der Waals surface area (Å²) in [6.07, 6.45) is -0.812. The molecule has 0 fully saturated rings. The number of ether oxygens (including phenoxy) is 1. The summed E-state index contributed by atoms with van der Waals surface area (Å²) in [7, 11) is 0. The number of aromatic amines is 2. The Bertz CT molecular complexity index is 1940. The van der Waals surface area contributed by atoms with E-state index in [-0.39, 0.29) is 22.7 Å². The molecule has 0 bridgehead atoms. The maximum Gasteiger partial charge on any atom is 0.416 e. The molecule has 3 heterocycles. The number of hydrogen-bond donors (Lipinski definition) is 3. The SMILES string of the molecule is O=c1cnc2cccc(O)c2[nH]1.O=c1cnc2cccc(Oc3cc(-c4ccc(C(F)(F)F)cc4)ncn3)c2[nH]1. The first-order chi connectivity index (χ1) is 19.2. The number of alkyl halides is 3. The quantitative estimate of drug-likeness (QED) is 0.286. The second-order valence-corrected chi connectivity index (χ2v) is 8.24. The molecule has 0 aliphatic carbocycles. The maximum absolute atomic E-state index is 12.7. The molecule has 0 atom stereocenters. The van der Waals surface area contributed by atoms with Gasteiger partial charge in [-0.2, -0.15) is 13.2 Å². The van der Waals surface area contributed by atoms with Crippen molar-refractivity contribution in [2.24, 2.45) is 0 Å². The molecular formula is C27H17F3N6O4. The second-order valence-electron chi connectivity index (χ2n) is 8.24. The number of fused-ring (bicyclic) bond motifs is 2. The molecule has 10 nitrogen and oxygen atoms in total. The number of H-pyrrole nitrogens is 2. The average molecular weight is 546 g/mol. The fourth-order valence-corrected chi connectivity index (χ4v) is 3.66. The van der Waals surface area contributed by atoms with E-state index in [1.807, 2.05) is 0 Å². The molecule has 40 heavy (non-hydrogen) atoms. The smallest absolute Gasteiger partial charge is 0.416 e. The number of phenols is 1. The number of aromatic nitrogens is 6. The number of nitrogens with one attached hydrogen (secondary N) is 2. The molecule has 3 N–H and O–H groups in total. The van der Waals surface area contributed by atoms with Gasteiger partial charge in [-0.05, 0) is 36.4 Å². The number of para-hydroxylation sites is 2. The topological polar surface area (TPSA) is 147 Å². The Labute approximate surface area is 221 Å². The van der Waals surface area contributed by atoms with E-state index in [2.05, 4.69) is 29.9 Å². The highest BCUT2D eigenvalue weighted by Gasteiger charge is 2.30. The lowest BCUT2D eigenvalue weighted by Crippen LogP contribution is -2.05. The van der Waals surface area contributed by atoms with Crippen LogP contribution in [0.3, 0.4) is 0 Å². The molecule has 0 spiro atoms. The summed E-state index contributed by atoms with van der Waals surface area (Å²) in [4.78, 5) is 43.5. The van der Waals surface area contributed by atoms with E-state index in [4.69, 9.17) is 4.74 Å². The fourth-order valence-electron chi connectivity index (χ4n) is 3.66. The van der Waals surface area contributed by atoms with Crippen molar-refractivity contribution in [3.63, 3.8) is 0 Å². The summed E-state index contributed by atoms with van der Waals surface area (Å²) >= 11 is 0. The molecule has 0 saturated heterocycles. The zero-order chi connectivity index (χ0) is 28.3. The first-order valence-electron chi connectivity index (χ1n) is 11.5. The van der Waals surface area contributed by atoms with Crippen LogP contribution in [0, 0.1) is 0 Å². The van der Waals surface area contributed by atoms with Crippen molar-refractivity contribution in [2.45, 2.75) is 6.18 Å². The summed E-state index contributed by atoms with van der Waals surface area (Å²) in [5.41, 5.74) is 1.34. The van der Waals surface area contributed by atoms with Gasteiger partial charge in [0.25, 0.3) is 11.1 Å². The second kappa shape index (κ2) is 10.6. The normalized spacial score (nSPS) is 11.2. The standard InChI is InChI=1S/C19H11F3N4O2.C8H6N2O2/c20-19(21,22)12-6-4-11(5-7-12)14-8-17(25-10-24-14)28-15-3-1-2-13-18(15)26-16(27)9-23-13;11-6-3-1-2-5-8(6)10-7(12)4-9-5/h1-10H,(H,26,27);1-4,11H,(H,10,12). The molecule has 0 aliphatic heterocycles. The third-order valence-corrected chi connectivity index (χ3v) is 5.53. The van der Waals surface area contributed by atoms with Crippen molar-refractivity contribution in [3.05, 3.63) is 112 Å². The van der Waals surface area contributed by atoms with Gasteiger partial charge < -0.3 is 19.8 Å². The van der Waals surface area contributed by atoms with Gasteiger partial charge in [-0.25, -0.2) is 19.9 Å². The van der Waals surface area contributed by atoms with Gasteiger partial charge in [0.05, 0.1) is 34.7 Å². The Morgan fingerprint density at radius 1 is 0.750 bits per heavy atom. The van der Waals surface area contributed by atoms with Gasteiger partial charge in [-0.1, -0.05) is 24.3 Å². The van der Waals surface area contributed by atoms with Gasteiger partial charge in [0, 0.05) is 11.6 Å². The number of nitrogens with zero attached hydrogens (tertiary/aromatic N) is 4. The average Bonchev–Trinajstić information content (AvgIpc) is 2.94. The first-order valence-corrected chi connectivity index (χ1v) is 11.5. The van der Waals surface area contributed by atoms with Crippen molar-refractivity contribution < 1.29 is 23.0 Å². The Balaban J connectivity index is 0.000000223. The van der Waals surface area contributed by atoms with Crippen LogP contribution in [0.1, 0.15) is 5.56 Å². The Kier molecular flexibility index (Phi) is 6.93. The number of rotatable bonds is 3. The Morgan fingerprint density at radius 2 is 1.38 bits per heavy atom. The van der Waals surface area contributed by atoms with E-state index >= 15 is 0 Å². The molecule has 0 saturated carbocycles. The van der Waals surface area contributed by atoms with Crippen LogP contribution in [0.5, 0.6) is 17.4 Å². The third-order valence-electron chi connectivity index (χ3n) is 5.53. The highest BCUT2D eigenvalue weighted by molar-refractivity contribution is 5.81. The summed E-state index contributed by atoms with van der Waals surface area (Å²) in [6, 6.07) is 16.1. The van der Waals surface area contributed by atoms with Gasteiger partial charge in [-0.3, -0.25) is 9.59 Å². The van der Waals surface area contributed by atoms with Crippen LogP contribution >= 0.6 is 0 Å². The molecule has 0 amide bonds. The lowest BCUT2D eigenvalue weighted by molar-refractivity contribution is -0.137. The first kappa shape index (κ1) is 26.0.